The molecule has 2 aromatic carbocycles. The van der Waals surface area contributed by atoms with Crippen molar-refractivity contribution in [2.24, 2.45) is 0 Å². The van der Waals surface area contributed by atoms with E-state index in [1.807, 2.05) is 0 Å². The maximum atomic E-state index is 4.92. The Morgan fingerprint density at radius 2 is 1.96 bits per heavy atom. The van der Waals surface area contributed by atoms with Gasteiger partial charge in [0, 0.05) is 30.8 Å². The summed E-state index contributed by atoms with van der Waals surface area (Å²) in [6.07, 6.45) is 3.17. The van der Waals surface area contributed by atoms with Gasteiger partial charge in [-0.05, 0) is 44.4 Å². The van der Waals surface area contributed by atoms with Crippen molar-refractivity contribution in [3.05, 3.63) is 58.9 Å². The van der Waals surface area contributed by atoms with E-state index < -0.39 is 0 Å². The van der Waals surface area contributed by atoms with Crippen molar-refractivity contribution in [1.29, 1.82) is 0 Å². The topological polar surface area (TPSA) is 31.9 Å². The van der Waals surface area contributed by atoms with Crippen LogP contribution in [0.25, 0.3) is 11.0 Å². The average Bonchev–Trinajstić information content (AvgIpc) is 2.96. The summed E-state index contributed by atoms with van der Waals surface area (Å²) in [6, 6.07) is 13.7. The van der Waals surface area contributed by atoms with Crippen LogP contribution in [0.15, 0.2) is 36.4 Å². The van der Waals surface area contributed by atoms with Crippen LogP contribution in [0.2, 0.25) is 0 Å². The number of imidazole rings is 1. The minimum Gasteiger partial charge on any atom is -0.372 e. The molecular formula is C20H23N3. The summed E-state index contributed by atoms with van der Waals surface area (Å²) >= 11 is 0. The lowest BCUT2D eigenvalue weighted by Crippen LogP contribution is -2.33. The number of fused-ring (bicyclic) bond motifs is 3. The monoisotopic (exact) mass is 305 g/mol. The minimum absolute atomic E-state index is 0.603. The van der Waals surface area contributed by atoms with E-state index in [1.54, 1.807) is 0 Å². The number of aromatic nitrogens is 2. The predicted molar refractivity (Wildman–Crippen MR) is 96.3 cm³/mol. The molecule has 4 rings (SSSR count). The van der Waals surface area contributed by atoms with E-state index >= 15 is 0 Å². The van der Waals surface area contributed by atoms with Crippen molar-refractivity contribution in [2.75, 3.05) is 11.9 Å². The van der Waals surface area contributed by atoms with E-state index in [2.05, 4.69) is 67.2 Å². The summed E-state index contributed by atoms with van der Waals surface area (Å²) < 4.78 is 0. The third kappa shape index (κ3) is 2.50. The highest BCUT2D eigenvalue weighted by molar-refractivity contribution is 5.85. The Kier molecular flexibility index (Phi) is 3.37. The fourth-order valence-electron chi connectivity index (χ4n) is 3.52. The second-order valence-electron chi connectivity index (χ2n) is 6.80. The normalized spacial score (nSPS) is 17.5. The van der Waals surface area contributed by atoms with Gasteiger partial charge in [0.15, 0.2) is 0 Å². The zero-order chi connectivity index (χ0) is 16.0. The highest BCUT2D eigenvalue weighted by Gasteiger charge is 2.23. The maximum Gasteiger partial charge on any atom is 0.111 e. The molecule has 0 bridgehead atoms. The largest absolute Gasteiger partial charge is 0.372 e. The molecule has 1 aliphatic heterocycles. The van der Waals surface area contributed by atoms with Crippen LogP contribution in [0, 0.1) is 6.92 Å². The number of aromatic amines is 1. The zero-order valence-corrected chi connectivity index (χ0v) is 14.1. The fourth-order valence-corrected chi connectivity index (χ4v) is 3.52. The number of aryl methyl sites for hydroxylation is 2. The van der Waals surface area contributed by atoms with Crippen LogP contribution in [0.1, 0.15) is 35.9 Å². The van der Waals surface area contributed by atoms with Crippen LogP contribution in [-0.2, 0) is 12.8 Å². The molecule has 1 unspecified atom stereocenters. The predicted octanol–water partition coefficient (Wildman–Crippen LogP) is 4.23. The molecule has 0 aliphatic carbocycles. The molecule has 0 radical (unpaired) electrons. The molecule has 0 spiro atoms. The van der Waals surface area contributed by atoms with Crippen molar-refractivity contribution in [3.8, 4) is 0 Å². The first-order chi connectivity index (χ1) is 11.1. The zero-order valence-electron chi connectivity index (χ0n) is 14.1. The number of rotatable bonds is 2. The Morgan fingerprint density at radius 1 is 1.17 bits per heavy atom. The van der Waals surface area contributed by atoms with Gasteiger partial charge in [-0.15, -0.1) is 0 Å². The van der Waals surface area contributed by atoms with Gasteiger partial charge in [-0.25, -0.2) is 4.98 Å². The number of anilines is 1. The van der Waals surface area contributed by atoms with Gasteiger partial charge in [0.05, 0.1) is 11.0 Å². The Bertz CT molecular complexity index is 845. The molecule has 0 fully saturated rings. The lowest BCUT2D eigenvalue weighted by molar-refractivity contribution is 0.600. The van der Waals surface area contributed by atoms with Gasteiger partial charge in [-0.3, -0.25) is 0 Å². The molecule has 3 heteroatoms. The third-order valence-corrected chi connectivity index (χ3v) is 5.13. The molecule has 0 amide bonds. The SMILES string of the molecule is Cc1ccc(Cc2nc3c4c(ccc3[nH]2)N(C)C(C)CC4)cc1. The molecule has 23 heavy (non-hydrogen) atoms. The van der Waals surface area contributed by atoms with E-state index in [1.165, 1.54) is 28.8 Å². The first-order valence-corrected chi connectivity index (χ1v) is 8.40. The number of hydrogen-bond donors (Lipinski definition) is 1. The molecule has 1 aromatic heterocycles. The number of benzene rings is 2. The van der Waals surface area contributed by atoms with E-state index in [4.69, 9.17) is 4.98 Å². The van der Waals surface area contributed by atoms with Crippen LogP contribution in [0.4, 0.5) is 5.69 Å². The molecule has 0 saturated carbocycles. The van der Waals surface area contributed by atoms with Gasteiger partial charge in [0.2, 0.25) is 0 Å². The van der Waals surface area contributed by atoms with Crippen LogP contribution in [0.5, 0.6) is 0 Å². The highest BCUT2D eigenvalue weighted by atomic mass is 15.1. The quantitative estimate of drug-likeness (QED) is 0.768. The molecule has 3 nitrogen and oxygen atoms in total. The lowest BCUT2D eigenvalue weighted by atomic mass is 9.96. The van der Waals surface area contributed by atoms with Gasteiger partial charge in [-0.1, -0.05) is 29.8 Å². The molecule has 1 N–H and O–H groups in total. The summed E-state index contributed by atoms with van der Waals surface area (Å²) in [4.78, 5) is 10.8. The van der Waals surface area contributed by atoms with Crippen molar-refractivity contribution >= 4 is 16.7 Å². The Morgan fingerprint density at radius 3 is 2.74 bits per heavy atom. The first kappa shape index (κ1) is 14.3. The fraction of sp³-hybridized carbons (Fsp3) is 0.350. The van der Waals surface area contributed by atoms with Crippen LogP contribution >= 0.6 is 0 Å². The van der Waals surface area contributed by atoms with Crippen molar-refractivity contribution in [2.45, 2.75) is 39.2 Å². The van der Waals surface area contributed by atoms with E-state index in [-0.39, 0.29) is 0 Å². The van der Waals surface area contributed by atoms with Crippen LogP contribution < -0.4 is 4.90 Å². The van der Waals surface area contributed by atoms with Crippen molar-refractivity contribution < 1.29 is 0 Å². The molecule has 3 aromatic rings. The van der Waals surface area contributed by atoms with Gasteiger partial charge in [0.1, 0.15) is 5.82 Å². The Balaban J connectivity index is 1.72. The smallest absolute Gasteiger partial charge is 0.111 e. The molecule has 2 heterocycles. The van der Waals surface area contributed by atoms with E-state index in [9.17, 15) is 0 Å². The van der Waals surface area contributed by atoms with Crippen LogP contribution in [-0.4, -0.2) is 23.1 Å². The molecule has 118 valence electrons. The lowest BCUT2D eigenvalue weighted by Gasteiger charge is -2.33. The summed E-state index contributed by atoms with van der Waals surface area (Å²) in [5.74, 6) is 1.05. The van der Waals surface area contributed by atoms with Gasteiger partial charge in [0.25, 0.3) is 0 Å². The van der Waals surface area contributed by atoms with Gasteiger partial charge >= 0.3 is 0 Å². The second kappa shape index (κ2) is 5.41. The average molecular weight is 305 g/mol. The third-order valence-electron chi connectivity index (χ3n) is 5.13. The van der Waals surface area contributed by atoms with Crippen molar-refractivity contribution in [3.63, 3.8) is 0 Å². The molecule has 1 aliphatic rings. The minimum atomic E-state index is 0.603. The summed E-state index contributed by atoms with van der Waals surface area (Å²) in [5, 5.41) is 0. The second-order valence-corrected chi connectivity index (χ2v) is 6.80. The highest BCUT2D eigenvalue weighted by Crippen LogP contribution is 2.34. The Labute approximate surface area is 137 Å². The molecule has 1 atom stereocenters. The summed E-state index contributed by atoms with van der Waals surface area (Å²) in [5.41, 5.74) is 7.65. The summed E-state index contributed by atoms with van der Waals surface area (Å²) in [6.45, 7) is 4.41. The number of nitrogens with zero attached hydrogens (tertiary/aromatic N) is 2. The standard InChI is InChI=1S/C20H23N3/c1-13-4-7-15(8-5-13)12-19-21-17-10-11-18-16(20(17)22-19)9-6-14(2)23(18)3/h4-5,7-8,10-11,14H,6,9,12H2,1-3H3,(H,21,22). The number of nitrogens with one attached hydrogen (secondary N) is 1. The Hall–Kier alpha value is -2.29. The van der Waals surface area contributed by atoms with E-state index in [0.29, 0.717) is 6.04 Å². The van der Waals surface area contributed by atoms with Gasteiger partial charge in [-0.2, -0.15) is 0 Å². The first-order valence-electron chi connectivity index (χ1n) is 8.40. The van der Waals surface area contributed by atoms with E-state index in [0.717, 1.165) is 29.7 Å². The molecular weight excluding hydrogens is 282 g/mol. The molecule has 0 saturated heterocycles. The maximum absolute atomic E-state index is 4.92. The summed E-state index contributed by atoms with van der Waals surface area (Å²) in [7, 11) is 2.19. The van der Waals surface area contributed by atoms with Gasteiger partial charge < -0.3 is 9.88 Å². The number of hydrogen-bond acceptors (Lipinski definition) is 2. The number of H-pyrrole nitrogens is 1. The van der Waals surface area contributed by atoms with Crippen molar-refractivity contribution in [1.82, 2.24) is 9.97 Å². The van der Waals surface area contributed by atoms with Crippen LogP contribution in [0.3, 0.4) is 0 Å².